The van der Waals surface area contributed by atoms with Crippen LogP contribution in [-0.4, -0.2) is 79.1 Å². The van der Waals surface area contributed by atoms with Gasteiger partial charge in [0.25, 0.3) is 5.91 Å². The van der Waals surface area contributed by atoms with Crippen molar-refractivity contribution in [3.8, 4) is 5.75 Å². The molecule has 0 radical (unpaired) electrons. The first-order chi connectivity index (χ1) is 18.1. The summed E-state index contributed by atoms with van der Waals surface area (Å²) in [7, 11) is 0. The number of rotatable bonds is 10. The summed E-state index contributed by atoms with van der Waals surface area (Å²) >= 11 is 0. The normalized spacial score (nSPS) is 20.2. The van der Waals surface area contributed by atoms with E-state index in [1.54, 1.807) is 11.0 Å². The molecule has 0 spiro atoms. The van der Waals surface area contributed by atoms with Crippen molar-refractivity contribution in [2.45, 2.75) is 19.1 Å². The molecule has 2 aromatic rings. The molecule has 8 heteroatoms. The minimum absolute atomic E-state index is 0.0216. The third kappa shape index (κ3) is 5.70. The van der Waals surface area contributed by atoms with Gasteiger partial charge in [-0.1, -0.05) is 48.5 Å². The maximum Gasteiger partial charge on any atom is 0.322 e. The second-order valence-electron chi connectivity index (χ2n) is 9.52. The first-order valence-corrected chi connectivity index (χ1v) is 12.9. The molecule has 37 heavy (non-hydrogen) atoms. The molecule has 194 valence electrons. The Morgan fingerprint density at radius 1 is 1.05 bits per heavy atom. The summed E-state index contributed by atoms with van der Waals surface area (Å²) in [6.07, 6.45) is 2.57. The van der Waals surface area contributed by atoms with E-state index in [0.717, 1.165) is 56.1 Å². The first kappa shape index (κ1) is 25.0. The predicted octanol–water partition coefficient (Wildman–Crippen LogP) is 3.34. The maximum absolute atomic E-state index is 13.7. The van der Waals surface area contributed by atoms with Crippen LogP contribution in [0.15, 0.2) is 78.5 Å². The van der Waals surface area contributed by atoms with Gasteiger partial charge < -0.3 is 19.7 Å². The fourth-order valence-electron chi connectivity index (χ4n) is 5.14. The number of urea groups is 1. The van der Waals surface area contributed by atoms with Crippen molar-refractivity contribution >= 4 is 11.9 Å². The van der Waals surface area contributed by atoms with Crippen molar-refractivity contribution in [3.63, 3.8) is 0 Å². The smallest absolute Gasteiger partial charge is 0.322 e. The van der Waals surface area contributed by atoms with Gasteiger partial charge in [-0.05, 0) is 29.7 Å². The van der Waals surface area contributed by atoms with Gasteiger partial charge in [0.1, 0.15) is 12.4 Å². The highest BCUT2D eigenvalue weighted by atomic mass is 16.5. The van der Waals surface area contributed by atoms with E-state index in [0.29, 0.717) is 37.6 Å². The van der Waals surface area contributed by atoms with Crippen LogP contribution in [0.1, 0.15) is 23.6 Å². The number of nitrogens with one attached hydrogen (secondary N) is 1. The largest absolute Gasteiger partial charge is 0.489 e. The third-order valence-electron chi connectivity index (χ3n) is 7.05. The van der Waals surface area contributed by atoms with E-state index in [1.165, 1.54) is 0 Å². The molecule has 0 aliphatic carbocycles. The van der Waals surface area contributed by atoms with Crippen LogP contribution in [0.25, 0.3) is 0 Å². The molecule has 1 atom stereocenters. The molecule has 1 saturated heterocycles. The molecule has 3 amide bonds. The molecule has 8 nitrogen and oxygen atoms in total. The molecule has 5 rings (SSSR count). The molecule has 3 aliphatic heterocycles. The predicted molar refractivity (Wildman–Crippen MR) is 141 cm³/mol. The van der Waals surface area contributed by atoms with Crippen molar-refractivity contribution in [1.82, 2.24) is 20.0 Å². The topological polar surface area (TPSA) is 74.4 Å². The SMILES string of the molecule is C=CCN1C(=O)N[C@@H](c2cccc(OCc3ccccc3)c2)C2=C1CN(CCCN1CCOCC1)C2=O. The Kier molecular flexibility index (Phi) is 7.87. The van der Waals surface area contributed by atoms with Crippen molar-refractivity contribution in [2.75, 3.05) is 52.5 Å². The van der Waals surface area contributed by atoms with Gasteiger partial charge in [0.2, 0.25) is 0 Å². The highest BCUT2D eigenvalue weighted by Crippen LogP contribution is 2.37. The van der Waals surface area contributed by atoms with Crippen molar-refractivity contribution < 1.29 is 19.1 Å². The third-order valence-corrected chi connectivity index (χ3v) is 7.05. The number of amides is 3. The number of morpholine rings is 1. The number of benzene rings is 2. The highest BCUT2D eigenvalue weighted by molar-refractivity contribution is 6.01. The van der Waals surface area contributed by atoms with Gasteiger partial charge in [0.05, 0.1) is 37.1 Å². The van der Waals surface area contributed by atoms with Crippen LogP contribution in [0, 0.1) is 0 Å². The fourth-order valence-corrected chi connectivity index (χ4v) is 5.14. The van der Waals surface area contributed by atoms with Gasteiger partial charge in [0, 0.05) is 32.7 Å². The minimum Gasteiger partial charge on any atom is -0.489 e. The summed E-state index contributed by atoms with van der Waals surface area (Å²) in [6, 6.07) is 16.9. The van der Waals surface area contributed by atoms with E-state index in [9.17, 15) is 9.59 Å². The zero-order valence-corrected chi connectivity index (χ0v) is 21.1. The lowest BCUT2D eigenvalue weighted by molar-refractivity contribution is -0.125. The monoisotopic (exact) mass is 502 g/mol. The molecular weight excluding hydrogens is 468 g/mol. The number of nitrogens with zero attached hydrogens (tertiary/aromatic N) is 3. The Morgan fingerprint density at radius 2 is 1.86 bits per heavy atom. The Labute approximate surface area is 218 Å². The Morgan fingerprint density at radius 3 is 2.65 bits per heavy atom. The first-order valence-electron chi connectivity index (χ1n) is 12.9. The Balaban J connectivity index is 1.32. The van der Waals surface area contributed by atoms with Crippen molar-refractivity contribution in [3.05, 3.63) is 89.6 Å². The van der Waals surface area contributed by atoms with Gasteiger partial charge in [-0.3, -0.25) is 14.6 Å². The van der Waals surface area contributed by atoms with Crippen LogP contribution in [0.4, 0.5) is 4.79 Å². The van der Waals surface area contributed by atoms with Gasteiger partial charge in [0.15, 0.2) is 0 Å². The lowest BCUT2D eigenvalue weighted by Crippen LogP contribution is -2.47. The quantitative estimate of drug-likeness (QED) is 0.505. The van der Waals surface area contributed by atoms with Gasteiger partial charge in [-0.15, -0.1) is 6.58 Å². The number of carbonyl (C=O) groups excluding carboxylic acids is 2. The summed E-state index contributed by atoms with van der Waals surface area (Å²) in [4.78, 5) is 32.6. The summed E-state index contributed by atoms with van der Waals surface area (Å²) in [5, 5.41) is 3.05. The molecule has 3 aliphatic rings. The van der Waals surface area contributed by atoms with Crippen molar-refractivity contribution in [1.29, 1.82) is 0 Å². The van der Waals surface area contributed by atoms with E-state index in [4.69, 9.17) is 9.47 Å². The van der Waals surface area contributed by atoms with E-state index < -0.39 is 6.04 Å². The summed E-state index contributed by atoms with van der Waals surface area (Å²) in [5.74, 6) is 0.672. The Bertz CT molecular complexity index is 1160. The molecule has 0 saturated carbocycles. The molecule has 0 bridgehead atoms. The van der Waals surface area contributed by atoms with E-state index >= 15 is 0 Å². The summed E-state index contributed by atoms with van der Waals surface area (Å²) in [5.41, 5.74) is 3.30. The molecule has 0 aromatic heterocycles. The standard InChI is InChI=1S/C29H34N4O4/c1-2-12-33-25-20-32(14-7-13-31-15-17-36-18-16-31)28(34)26(25)27(30-29(33)35)23-10-6-11-24(19-23)37-21-22-8-4-3-5-9-22/h2-6,8-11,19,27H,1,7,12-18,20-21H2,(H,30,35)/t27-/m0/s1. The lowest BCUT2D eigenvalue weighted by Gasteiger charge is -2.33. The van der Waals surface area contributed by atoms with Gasteiger partial charge in [-0.25, -0.2) is 4.79 Å². The van der Waals surface area contributed by atoms with Crippen LogP contribution in [-0.2, 0) is 16.1 Å². The number of carbonyl (C=O) groups is 2. The number of hydrogen-bond acceptors (Lipinski definition) is 5. The average molecular weight is 503 g/mol. The molecule has 2 aromatic carbocycles. The second kappa shape index (κ2) is 11.6. The molecule has 0 unspecified atom stereocenters. The minimum atomic E-state index is -0.527. The van der Waals surface area contributed by atoms with E-state index in [-0.39, 0.29) is 11.9 Å². The van der Waals surface area contributed by atoms with Crippen molar-refractivity contribution in [2.24, 2.45) is 0 Å². The summed E-state index contributed by atoms with van der Waals surface area (Å²) < 4.78 is 11.4. The van der Waals surface area contributed by atoms with Crippen LogP contribution >= 0.6 is 0 Å². The zero-order valence-electron chi connectivity index (χ0n) is 21.1. The molecule has 1 N–H and O–H groups in total. The van der Waals surface area contributed by atoms with Crippen LogP contribution in [0.2, 0.25) is 0 Å². The fraction of sp³-hybridized carbons (Fsp3) is 0.379. The number of ether oxygens (including phenoxy) is 2. The van der Waals surface area contributed by atoms with Crippen LogP contribution in [0.5, 0.6) is 5.75 Å². The lowest BCUT2D eigenvalue weighted by atomic mass is 9.95. The molecule has 3 heterocycles. The Hall–Kier alpha value is -3.62. The molecule has 1 fully saturated rings. The zero-order chi connectivity index (χ0) is 25.6. The highest BCUT2D eigenvalue weighted by Gasteiger charge is 2.43. The van der Waals surface area contributed by atoms with Crippen LogP contribution in [0.3, 0.4) is 0 Å². The number of hydrogen-bond donors (Lipinski definition) is 1. The molecular formula is C29H34N4O4. The average Bonchev–Trinajstić information content (AvgIpc) is 3.26. The summed E-state index contributed by atoms with van der Waals surface area (Å²) in [6.45, 7) is 9.98. The van der Waals surface area contributed by atoms with Crippen LogP contribution < -0.4 is 10.1 Å². The van der Waals surface area contributed by atoms with Gasteiger partial charge >= 0.3 is 6.03 Å². The maximum atomic E-state index is 13.7. The van der Waals surface area contributed by atoms with E-state index in [2.05, 4.69) is 16.8 Å². The van der Waals surface area contributed by atoms with E-state index in [1.807, 2.05) is 59.5 Å². The second-order valence-corrected chi connectivity index (χ2v) is 9.52. The van der Waals surface area contributed by atoms with Gasteiger partial charge in [-0.2, -0.15) is 0 Å².